The first-order valence-electron chi connectivity index (χ1n) is 6.52. The number of nitrogens with zero attached hydrogens (tertiary/aromatic N) is 1. The van der Waals surface area contributed by atoms with Crippen LogP contribution < -0.4 is 11.1 Å². The average Bonchev–Trinajstić information content (AvgIpc) is 2.85. The molecule has 0 aliphatic rings. The zero-order valence-corrected chi connectivity index (χ0v) is 12.7. The second kappa shape index (κ2) is 6.15. The number of nitrogens with one attached hydrogen (secondary N) is 1. The quantitative estimate of drug-likeness (QED) is 0.909. The van der Waals surface area contributed by atoms with Crippen molar-refractivity contribution in [3.63, 3.8) is 0 Å². The minimum absolute atomic E-state index is 0.127. The van der Waals surface area contributed by atoms with Gasteiger partial charge in [0.1, 0.15) is 11.0 Å². The van der Waals surface area contributed by atoms with Crippen LogP contribution in [0, 0.1) is 13.8 Å². The number of hydrogen-bond acceptors (Lipinski definition) is 4. The van der Waals surface area contributed by atoms with Gasteiger partial charge in [-0.3, -0.25) is 4.79 Å². The lowest BCUT2D eigenvalue weighted by atomic mass is 10.1. The molecular formula is C15H19N3OS. The largest absolute Gasteiger partial charge is 0.345 e. The van der Waals surface area contributed by atoms with Gasteiger partial charge in [-0.1, -0.05) is 29.8 Å². The molecule has 2 atom stereocenters. The minimum Gasteiger partial charge on any atom is -0.345 e. The molecule has 0 fully saturated rings. The highest BCUT2D eigenvalue weighted by atomic mass is 32.1. The lowest BCUT2D eigenvalue weighted by molar-refractivity contribution is -0.123. The molecule has 0 bridgehead atoms. The first kappa shape index (κ1) is 14.7. The predicted octanol–water partition coefficient (Wildman–Crippen LogP) is 2.64. The number of amides is 1. The normalized spacial score (nSPS) is 13.8. The van der Waals surface area contributed by atoms with E-state index in [4.69, 9.17) is 5.73 Å². The Kier molecular flexibility index (Phi) is 4.52. The molecule has 20 heavy (non-hydrogen) atoms. The molecule has 2 rings (SSSR count). The lowest BCUT2D eigenvalue weighted by Crippen LogP contribution is -2.35. The molecular weight excluding hydrogens is 270 g/mol. The summed E-state index contributed by atoms with van der Waals surface area (Å²) in [6.45, 7) is 5.91. The minimum atomic E-state index is -0.654. The van der Waals surface area contributed by atoms with Crippen LogP contribution in [0.15, 0.2) is 30.5 Å². The third-order valence-corrected chi connectivity index (χ3v) is 4.18. The van der Waals surface area contributed by atoms with E-state index in [1.807, 2.05) is 51.2 Å². The summed E-state index contributed by atoms with van der Waals surface area (Å²) in [5.74, 6) is -0.186. The fourth-order valence-corrected chi connectivity index (χ4v) is 2.64. The summed E-state index contributed by atoms with van der Waals surface area (Å²) in [7, 11) is 0. The Morgan fingerprint density at radius 2 is 1.95 bits per heavy atom. The summed E-state index contributed by atoms with van der Waals surface area (Å²) in [5.41, 5.74) is 7.95. The van der Waals surface area contributed by atoms with Gasteiger partial charge < -0.3 is 11.1 Å². The van der Waals surface area contributed by atoms with E-state index in [-0.39, 0.29) is 11.9 Å². The number of benzene rings is 1. The second-order valence-corrected chi connectivity index (χ2v) is 6.19. The van der Waals surface area contributed by atoms with Gasteiger partial charge in [0.2, 0.25) is 5.91 Å². The number of aromatic nitrogens is 1. The number of aryl methyl sites for hydroxylation is 2. The SMILES string of the molecule is Cc1ccc(C(N)C(=O)NC(C)c2ncc(C)s2)cc1. The van der Waals surface area contributed by atoms with Crippen LogP contribution in [-0.4, -0.2) is 10.9 Å². The predicted molar refractivity (Wildman–Crippen MR) is 81.5 cm³/mol. The Hall–Kier alpha value is -1.72. The molecule has 3 N–H and O–H groups in total. The number of carbonyl (C=O) groups excluding carboxylic acids is 1. The van der Waals surface area contributed by atoms with Gasteiger partial charge in [0.05, 0.1) is 6.04 Å². The molecule has 2 aromatic rings. The van der Waals surface area contributed by atoms with Gasteiger partial charge in [0.25, 0.3) is 0 Å². The van der Waals surface area contributed by atoms with Gasteiger partial charge in [-0.25, -0.2) is 4.98 Å². The topological polar surface area (TPSA) is 68.0 Å². The van der Waals surface area contributed by atoms with Gasteiger partial charge >= 0.3 is 0 Å². The van der Waals surface area contributed by atoms with Crippen molar-refractivity contribution in [3.05, 3.63) is 51.5 Å². The van der Waals surface area contributed by atoms with Gasteiger partial charge in [-0.2, -0.15) is 0 Å². The van der Waals surface area contributed by atoms with E-state index in [0.29, 0.717) is 0 Å². The molecule has 5 heteroatoms. The van der Waals surface area contributed by atoms with E-state index in [0.717, 1.165) is 21.0 Å². The Balaban J connectivity index is 2.02. The fraction of sp³-hybridized carbons (Fsp3) is 0.333. The van der Waals surface area contributed by atoms with E-state index < -0.39 is 6.04 Å². The van der Waals surface area contributed by atoms with Gasteiger partial charge in [-0.05, 0) is 26.3 Å². The first-order chi connectivity index (χ1) is 9.47. The third-order valence-electron chi connectivity index (χ3n) is 3.09. The van der Waals surface area contributed by atoms with E-state index in [1.165, 1.54) is 0 Å². The van der Waals surface area contributed by atoms with E-state index in [1.54, 1.807) is 11.3 Å². The van der Waals surface area contributed by atoms with Crippen molar-refractivity contribution in [1.29, 1.82) is 0 Å². The standard InChI is InChI=1S/C15H19N3OS/c1-9-4-6-12(7-5-9)13(16)14(19)18-11(3)15-17-8-10(2)20-15/h4-8,11,13H,16H2,1-3H3,(H,18,19). The van der Waals surface area contributed by atoms with E-state index in [2.05, 4.69) is 10.3 Å². The van der Waals surface area contributed by atoms with Gasteiger partial charge in [0, 0.05) is 11.1 Å². The van der Waals surface area contributed by atoms with Crippen LogP contribution in [0.5, 0.6) is 0 Å². The van der Waals surface area contributed by atoms with Crippen LogP contribution in [0.25, 0.3) is 0 Å². The number of thiazole rings is 1. The van der Waals surface area contributed by atoms with Crippen molar-refractivity contribution in [2.45, 2.75) is 32.9 Å². The molecule has 1 aromatic heterocycles. The molecule has 0 radical (unpaired) electrons. The Labute approximate surface area is 123 Å². The second-order valence-electron chi connectivity index (χ2n) is 4.93. The van der Waals surface area contributed by atoms with Crippen LogP contribution in [-0.2, 0) is 4.79 Å². The third kappa shape index (κ3) is 3.43. The molecule has 1 aromatic carbocycles. The number of nitrogens with two attached hydrogens (primary N) is 1. The van der Waals surface area contributed by atoms with Crippen LogP contribution in [0.4, 0.5) is 0 Å². The molecule has 106 valence electrons. The summed E-state index contributed by atoms with van der Waals surface area (Å²) in [5, 5.41) is 3.80. The van der Waals surface area contributed by atoms with Crippen LogP contribution in [0.2, 0.25) is 0 Å². The average molecular weight is 289 g/mol. The molecule has 2 unspecified atom stereocenters. The maximum atomic E-state index is 12.2. The molecule has 0 saturated heterocycles. The maximum Gasteiger partial charge on any atom is 0.242 e. The lowest BCUT2D eigenvalue weighted by Gasteiger charge is -2.16. The first-order valence-corrected chi connectivity index (χ1v) is 7.34. The zero-order valence-electron chi connectivity index (χ0n) is 11.9. The van der Waals surface area contributed by atoms with Crippen molar-refractivity contribution in [2.24, 2.45) is 5.73 Å². The molecule has 1 heterocycles. The van der Waals surface area contributed by atoms with E-state index in [9.17, 15) is 4.79 Å². The summed E-state index contributed by atoms with van der Waals surface area (Å²) in [4.78, 5) is 17.6. The Morgan fingerprint density at radius 3 is 2.50 bits per heavy atom. The highest BCUT2D eigenvalue weighted by Gasteiger charge is 2.19. The smallest absolute Gasteiger partial charge is 0.242 e. The molecule has 0 aliphatic heterocycles. The molecule has 0 spiro atoms. The summed E-state index contributed by atoms with van der Waals surface area (Å²) < 4.78 is 0. The monoisotopic (exact) mass is 289 g/mol. The fourth-order valence-electron chi connectivity index (χ4n) is 1.86. The van der Waals surface area contributed by atoms with E-state index >= 15 is 0 Å². The summed E-state index contributed by atoms with van der Waals surface area (Å²) in [6.07, 6.45) is 1.81. The number of hydrogen-bond donors (Lipinski definition) is 2. The molecule has 0 saturated carbocycles. The molecule has 4 nitrogen and oxygen atoms in total. The van der Waals surface area contributed by atoms with Crippen molar-refractivity contribution >= 4 is 17.2 Å². The Morgan fingerprint density at radius 1 is 1.30 bits per heavy atom. The van der Waals surface area contributed by atoms with Gasteiger partial charge in [0.15, 0.2) is 0 Å². The number of carbonyl (C=O) groups is 1. The molecule has 1 amide bonds. The van der Waals surface area contributed by atoms with Crippen LogP contribution in [0.3, 0.4) is 0 Å². The maximum absolute atomic E-state index is 12.2. The highest BCUT2D eigenvalue weighted by molar-refractivity contribution is 7.11. The van der Waals surface area contributed by atoms with Gasteiger partial charge in [-0.15, -0.1) is 11.3 Å². The highest BCUT2D eigenvalue weighted by Crippen LogP contribution is 2.20. The zero-order chi connectivity index (χ0) is 14.7. The van der Waals surface area contributed by atoms with Crippen molar-refractivity contribution in [2.75, 3.05) is 0 Å². The molecule has 0 aliphatic carbocycles. The van der Waals surface area contributed by atoms with Crippen molar-refractivity contribution < 1.29 is 4.79 Å². The van der Waals surface area contributed by atoms with Crippen molar-refractivity contribution in [3.8, 4) is 0 Å². The van der Waals surface area contributed by atoms with Crippen molar-refractivity contribution in [1.82, 2.24) is 10.3 Å². The Bertz CT molecular complexity index is 591. The number of rotatable bonds is 4. The summed E-state index contributed by atoms with van der Waals surface area (Å²) >= 11 is 1.58. The van der Waals surface area contributed by atoms with Crippen LogP contribution in [0.1, 0.15) is 40.0 Å². The van der Waals surface area contributed by atoms with Crippen LogP contribution >= 0.6 is 11.3 Å². The summed E-state index contributed by atoms with van der Waals surface area (Å²) in [6, 6.07) is 6.90.